The molecule has 3 heterocycles. The standard InChI is InChI=1S/C18H19N3O3S/c1-19(16-12-4-7-20(10-12)18(16)5-6-18)17(22)15-8-11-2-3-13(21(23)24)9-14(11)25-15/h2-3,8-9,12,16H,4-7,10H2,1H3. The van der Waals surface area contributed by atoms with Crippen molar-refractivity contribution in [1.29, 1.82) is 0 Å². The first-order valence-corrected chi connectivity index (χ1v) is 9.51. The summed E-state index contributed by atoms with van der Waals surface area (Å²) in [5.41, 5.74) is 0.308. The number of nitro groups is 1. The number of likely N-dealkylation sites (N-methyl/N-ethyl adjacent to an activating group) is 1. The fourth-order valence-electron chi connectivity index (χ4n) is 5.03. The van der Waals surface area contributed by atoms with Crippen LogP contribution >= 0.6 is 11.3 Å². The van der Waals surface area contributed by atoms with Crippen LogP contribution in [0.1, 0.15) is 28.9 Å². The third kappa shape index (κ3) is 2.09. The Hall–Kier alpha value is -1.99. The van der Waals surface area contributed by atoms with Crippen molar-refractivity contribution in [2.45, 2.75) is 30.8 Å². The van der Waals surface area contributed by atoms with Crippen LogP contribution in [0, 0.1) is 16.0 Å². The molecule has 2 saturated heterocycles. The van der Waals surface area contributed by atoms with Gasteiger partial charge in [0.25, 0.3) is 11.6 Å². The number of nitro benzene ring substituents is 1. The van der Waals surface area contributed by atoms with Gasteiger partial charge in [0.05, 0.1) is 15.8 Å². The molecule has 0 N–H and O–H groups in total. The Kier molecular flexibility index (Phi) is 3.07. The fraction of sp³-hybridized carbons (Fsp3) is 0.500. The van der Waals surface area contributed by atoms with Gasteiger partial charge in [0.15, 0.2) is 0 Å². The van der Waals surface area contributed by atoms with Crippen molar-refractivity contribution < 1.29 is 9.72 Å². The molecule has 1 aromatic carbocycles. The van der Waals surface area contributed by atoms with Gasteiger partial charge in [-0.3, -0.25) is 19.8 Å². The van der Waals surface area contributed by atoms with Crippen molar-refractivity contribution in [3.8, 4) is 0 Å². The lowest BCUT2D eigenvalue weighted by molar-refractivity contribution is -0.384. The molecule has 1 saturated carbocycles. The van der Waals surface area contributed by atoms with E-state index in [4.69, 9.17) is 0 Å². The van der Waals surface area contributed by atoms with Crippen LogP contribution in [0.3, 0.4) is 0 Å². The number of nitrogens with zero attached hydrogens (tertiary/aromatic N) is 3. The van der Waals surface area contributed by atoms with E-state index >= 15 is 0 Å². The number of amides is 1. The number of fused-ring (bicyclic) bond motifs is 4. The van der Waals surface area contributed by atoms with Gasteiger partial charge in [-0.1, -0.05) is 0 Å². The molecule has 1 aromatic heterocycles. The number of hydrogen-bond donors (Lipinski definition) is 0. The first-order valence-electron chi connectivity index (χ1n) is 8.70. The monoisotopic (exact) mass is 357 g/mol. The van der Waals surface area contributed by atoms with E-state index < -0.39 is 4.92 Å². The average Bonchev–Trinajstić information content (AvgIpc) is 3.00. The molecular weight excluding hydrogens is 338 g/mol. The first kappa shape index (κ1) is 15.3. The summed E-state index contributed by atoms with van der Waals surface area (Å²) >= 11 is 1.36. The van der Waals surface area contributed by atoms with Crippen molar-refractivity contribution in [2.75, 3.05) is 20.1 Å². The second kappa shape index (κ2) is 5.02. The zero-order chi connectivity index (χ0) is 17.3. The molecular formula is C18H19N3O3S. The SMILES string of the molecule is CN(C(=O)c1cc2ccc([N+](=O)[O-])cc2s1)C1C2CCN(C2)C12CC2. The first-order chi connectivity index (χ1) is 12.0. The lowest BCUT2D eigenvalue weighted by atomic mass is 9.90. The van der Waals surface area contributed by atoms with Gasteiger partial charge in [0.1, 0.15) is 0 Å². The molecule has 1 amide bonds. The van der Waals surface area contributed by atoms with E-state index in [0.717, 1.165) is 16.6 Å². The Labute approximate surface area is 149 Å². The smallest absolute Gasteiger partial charge is 0.270 e. The summed E-state index contributed by atoms with van der Waals surface area (Å²) in [5.74, 6) is 0.640. The zero-order valence-corrected chi connectivity index (χ0v) is 14.8. The Bertz CT molecular complexity index is 904. The summed E-state index contributed by atoms with van der Waals surface area (Å²) in [6, 6.07) is 6.97. The fourth-order valence-corrected chi connectivity index (χ4v) is 6.11. The molecule has 1 spiro atoms. The summed E-state index contributed by atoms with van der Waals surface area (Å²) in [6.45, 7) is 2.30. The highest BCUT2D eigenvalue weighted by Crippen LogP contribution is 2.57. The van der Waals surface area contributed by atoms with E-state index in [1.807, 2.05) is 18.0 Å². The van der Waals surface area contributed by atoms with Gasteiger partial charge < -0.3 is 4.90 Å². The van der Waals surface area contributed by atoms with Crippen LogP contribution in [0.15, 0.2) is 24.3 Å². The summed E-state index contributed by atoms with van der Waals surface area (Å²) in [6.07, 6.45) is 3.58. The molecule has 0 radical (unpaired) electrons. The predicted molar refractivity (Wildman–Crippen MR) is 96.0 cm³/mol. The van der Waals surface area contributed by atoms with Crippen molar-refractivity contribution >= 4 is 33.0 Å². The lowest BCUT2D eigenvalue weighted by Gasteiger charge is -2.38. The number of carbonyl (C=O) groups is 1. The van der Waals surface area contributed by atoms with E-state index in [-0.39, 0.29) is 17.1 Å². The molecule has 1 aliphatic carbocycles. The third-order valence-electron chi connectivity index (χ3n) is 6.28. The van der Waals surface area contributed by atoms with Gasteiger partial charge in [-0.25, -0.2) is 0 Å². The molecule has 6 nitrogen and oxygen atoms in total. The lowest BCUT2D eigenvalue weighted by Crippen LogP contribution is -2.52. The highest BCUT2D eigenvalue weighted by Gasteiger charge is 2.65. The van der Waals surface area contributed by atoms with Gasteiger partial charge in [-0.05, 0) is 49.2 Å². The predicted octanol–water partition coefficient (Wildman–Crippen LogP) is 3.12. The maximum absolute atomic E-state index is 13.1. The van der Waals surface area contributed by atoms with Gasteiger partial charge in [-0.2, -0.15) is 0 Å². The second-order valence-electron chi connectivity index (χ2n) is 7.55. The molecule has 3 aliphatic rings. The van der Waals surface area contributed by atoms with Crippen LogP contribution in [0.2, 0.25) is 0 Å². The van der Waals surface area contributed by atoms with Crippen molar-refractivity contribution in [3.63, 3.8) is 0 Å². The summed E-state index contributed by atoms with van der Waals surface area (Å²) in [5, 5.41) is 11.8. The highest BCUT2D eigenvalue weighted by atomic mass is 32.1. The van der Waals surface area contributed by atoms with Crippen molar-refractivity contribution in [3.05, 3.63) is 39.3 Å². The van der Waals surface area contributed by atoms with Crippen LogP contribution in [0.25, 0.3) is 10.1 Å². The number of hydrogen-bond acceptors (Lipinski definition) is 5. The Morgan fingerprint density at radius 2 is 2.20 bits per heavy atom. The molecule has 130 valence electrons. The van der Waals surface area contributed by atoms with Crippen LogP contribution in [-0.4, -0.2) is 52.3 Å². The summed E-state index contributed by atoms with van der Waals surface area (Å²) < 4.78 is 0.795. The largest absolute Gasteiger partial charge is 0.336 e. The van der Waals surface area contributed by atoms with E-state index in [9.17, 15) is 14.9 Å². The van der Waals surface area contributed by atoms with Crippen LogP contribution < -0.4 is 0 Å². The normalized spacial score (nSPS) is 28.6. The van der Waals surface area contributed by atoms with Crippen LogP contribution in [0.4, 0.5) is 5.69 Å². The van der Waals surface area contributed by atoms with E-state index in [1.165, 1.54) is 43.2 Å². The number of carbonyl (C=O) groups excluding carboxylic acids is 1. The van der Waals surface area contributed by atoms with Gasteiger partial charge >= 0.3 is 0 Å². The molecule has 3 unspecified atom stereocenters. The highest BCUT2D eigenvalue weighted by molar-refractivity contribution is 7.20. The van der Waals surface area contributed by atoms with Crippen molar-refractivity contribution in [1.82, 2.24) is 9.80 Å². The number of rotatable bonds is 3. The molecule has 3 fully saturated rings. The maximum Gasteiger partial charge on any atom is 0.270 e. The van der Waals surface area contributed by atoms with Crippen LogP contribution in [-0.2, 0) is 0 Å². The number of thiophene rings is 1. The van der Waals surface area contributed by atoms with Gasteiger partial charge in [0.2, 0.25) is 0 Å². The minimum atomic E-state index is -0.395. The van der Waals surface area contributed by atoms with E-state index in [1.54, 1.807) is 12.1 Å². The van der Waals surface area contributed by atoms with Gasteiger partial charge in [-0.15, -0.1) is 11.3 Å². The molecule has 2 aromatic rings. The molecule has 3 atom stereocenters. The molecule has 7 heteroatoms. The molecule has 25 heavy (non-hydrogen) atoms. The minimum absolute atomic E-state index is 0.0499. The second-order valence-corrected chi connectivity index (χ2v) is 8.63. The number of piperidine rings is 1. The van der Waals surface area contributed by atoms with E-state index in [2.05, 4.69) is 4.90 Å². The number of benzene rings is 1. The average molecular weight is 357 g/mol. The van der Waals surface area contributed by atoms with E-state index in [0.29, 0.717) is 16.8 Å². The Morgan fingerprint density at radius 3 is 2.92 bits per heavy atom. The Balaban J connectivity index is 1.46. The summed E-state index contributed by atoms with van der Waals surface area (Å²) in [7, 11) is 1.93. The van der Waals surface area contributed by atoms with Gasteiger partial charge in [0, 0.05) is 36.0 Å². The molecule has 2 bridgehead atoms. The minimum Gasteiger partial charge on any atom is -0.336 e. The quantitative estimate of drug-likeness (QED) is 0.625. The van der Waals surface area contributed by atoms with Crippen LogP contribution in [0.5, 0.6) is 0 Å². The van der Waals surface area contributed by atoms with Crippen molar-refractivity contribution in [2.24, 2.45) is 5.92 Å². The topological polar surface area (TPSA) is 66.7 Å². The molecule has 5 rings (SSSR count). The Morgan fingerprint density at radius 1 is 1.40 bits per heavy atom. The zero-order valence-electron chi connectivity index (χ0n) is 14.0. The molecule has 2 aliphatic heterocycles. The number of non-ortho nitro benzene ring substituents is 1. The third-order valence-corrected chi connectivity index (χ3v) is 7.36. The maximum atomic E-state index is 13.1. The summed E-state index contributed by atoms with van der Waals surface area (Å²) in [4.78, 5) is 28.9.